The minimum absolute atomic E-state index is 0. The molecule has 2 rings (SSSR count). The summed E-state index contributed by atoms with van der Waals surface area (Å²) in [7, 11) is 1.77. The zero-order chi connectivity index (χ0) is 15.8. The highest BCUT2D eigenvalue weighted by atomic mass is 127. The molecule has 1 aromatic carbocycles. The monoisotopic (exact) mass is 449 g/mol. The summed E-state index contributed by atoms with van der Waals surface area (Å²) in [5, 5.41) is 7.44. The Kier molecular flexibility index (Phi) is 8.94. The Morgan fingerprint density at radius 1 is 1.35 bits per heavy atom. The van der Waals surface area contributed by atoms with Gasteiger partial charge in [-0.05, 0) is 24.5 Å². The molecule has 1 aliphatic heterocycles. The molecule has 4 nitrogen and oxygen atoms in total. The third kappa shape index (κ3) is 5.36. The highest BCUT2D eigenvalue weighted by Crippen LogP contribution is 2.38. The Hall–Kier alpha value is -0.790. The molecule has 0 aromatic heterocycles. The quantitative estimate of drug-likeness (QED) is 0.314. The largest absolute Gasteiger partial charge is 0.381 e. The number of benzene rings is 1. The van der Waals surface area contributed by atoms with Crippen LogP contribution in [-0.2, 0) is 10.2 Å². The second-order valence-electron chi connectivity index (χ2n) is 5.47. The van der Waals surface area contributed by atoms with Crippen molar-refractivity contribution in [1.82, 2.24) is 10.6 Å². The van der Waals surface area contributed by atoms with E-state index in [1.165, 1.54) is 5.56 Å². The van der Waals surface area contributed by atoms with Crippen LogP contribution in [0, 0.1) is 0 Å². The predicted molar refractivity (Wildman–Crippen MR) is 108 cm³/mol. The van der Waals surface area contributed by atoms with Crippen LogP contribution in [0.25, 0.3) is 0 Å². The van der Waals surface area contributed by atoms with Crippen molar-refractivity contribution in [2.75, 3.05) is 33.4 Å². The van der Waals surface area contributed by atoms with Crippen LogP contribution in [-0.4, -0.2) is 39.3 Å². The van der Waals surface area contributed by atoms with Crippen molar-refractivity contribution in [2.45, 2.75) is 18.3 Å². The first kappa shape index (κ1) is 20.3. The van der Waals surface area contributed by atoms with Gasteiger partial charge in [0, 0.05) is 43.8 Å². The van der Waals surface area contributed by atoms with Crippen LogP contribution in [0.2, 0.25) is 5.02 Å². The lowest BCUT2D eigenvalue weighted by atomic mass is 9.74. The molecule has 0 bridgehead atoms. The van der Waals surface area contributed by atoms with Gasteiger partial charge in [-0.1, -0.05) is 35.9 Å². The Bertz CT molecular complexity index is 530. The fraction of sp³-hybridized carbons (Fsp3) is 0.471. The average molecular weight is 450 g/mol. The lowest BCUT2D eigenvalue weighted by Gasteiger charge is -2.38. The minimum Gasteiger partial charge on any atom is -0.381 e. The van der Waals surface area contributed by atoms with Gasteiger partial charge in [0.25, 0.3) is 0 Å². The fourth-order valence-electron chi connectivity index (χ4n) is 2.84. The highest BCUT2D eigenvalue weighted by Gasteiger charge is 2.36. The Balaban J connectivity index is 0.00000264. The standard InChI is InChI=1S/C17H24ClN3O.HI/c1-3-10-20-16(19-2)21-13-17(8-11-22-12-9-17)14-6-4-5-7-15(14)18;/h3-7H,1,8-13H2,2H3,(H2,19,20,21);1H. The third-order valence-electron chi connectivity index (χ3n) is 4.13. The number of nitrogens with one attached hydrogen (secondary N) is 2. The molecular weight excluding hydrogens is 425 g/mol. The van der Waals surface area contributed by atoms with Crippen molar-refractivity contribution in [3.8, 4) is 0 Å². The Morgan fingerprint density at radius 2 is 2.04 bits per heavy atom. The first-order valence-corrected chi connectivity index (χ1v) is 7.98. The second-order valence-corrected chi connectivity index (χ2v) is 5.88. The minimum atomic E-state index is -0.0254. The van der Waals surface area contributed by atoms with Crippen LogP contribution in [0.1, 0.15) is 18.4 Å². The molecule has 1 heterocycles. The molecule has 1 aliphatic rings. The van der Waals surface area contributed by atoms with Gasteiger partial charge >= 0.3 is 0 Å². The Labute approximate surface area is 160 Å². The first-order valence-electron chi connectivity index (χ1n) is 7.60. The van der Waals surface area contributed by atoms with E-state index in [-0.39, 0.29) is 29.4 Å². The number of nitrogens with zero attached hydrogens (tertiary/aromatic N) is 1. The van der Waals surface area contributed by atoms with Crippen molar-refractivity contribution in [3.63, 3.8) is 0 Å². The Morgan fingerprint density at radius 3 is 2.65 bits per heavy atom. The summed E-state index contributed by atoms with van der Waals surface area (Å²) in [6.45, 7) is 6.68. The normalized spacial score (nSPS) is 17.0. The van der Waals surface area contributed by atoms with E-state index in [1.54, 1.807) is 7.05 Å². The topological polar surface area (TPSA) is 45.7 Å². The maximum atomic E-state index is 6.45. The maximum Gasteiger partial charge on any atom is 0.191 e. The summed E-state index contributed by atoms with van der Waals surface area (Å²) in [4.78, 5) is 4.24. The van der Waals surface area contributed by atoms with Gasteiger partial charge in [0.1, 0.15) is 0 Å². The molecule has 0 atom stereocenters. The summed E-state index contributed by atoms with van der Waals surface area (Å²) < 4.78 is 5.55. The molecule has 0 spiro atoms. The summed E-state index contributed by atoms with van der Waals surface area (Å²) >= 11 is 6.45. The molecule has 0 saturated carbocycles. The van der Waals surface area contributed by atoms with Crippen LogP contribution < -0.4 is 10.6 Å². The van der Waals surface area contributed by atoms with Crippen LogP contribution in [0.4, 0.5) is 0 Å². The molecule has 128 valence electrons. The number of rotatable bonds is 5. The molecule has 1 fully saturated rings. The van der Waals surface area contributed by atoms with Crippen molar-refractivity contribution in [2.24, 2.45) is 4.99 Å². The van der Waals surface area contributed by atoms with Crippen LogP contribution in [0.15, 0.2) is 41.9 Å². The van der Waals surface area contributed by atoms with Gasteiger partial charge in [-0.2, -0.15) is 0 Å². The molecule has 0 aliphatic carbocycles. The lowest BCUT2D eigenvalue weighted by molar-refractivity contribution is 0.0514. The lowest BCUT2D eigenvalue weighted by Crippen LogP contribution is -2.48. The molecule has 23 heavy (non-hydrogen) atoms. The number of aliphatic imine (C=N–C) groups is 1. The molecule has 6 heteroatoms. The smallest absolute Gasteiger partial charge is 0.191 e. The van der Waals surface area contributed by atoms with Crippen molar-refractivity contribution < 1.29 is 4.74 Å². The van der Waals surface area contributed by atoms with Gasteiger partial charge < -0.3 is 15.4 Å². The van der Waals surface area contributed by atoms with Crippen LogP contribution in [0.5, 0.6) is 0 Å². The third-order valence-corrected chi connectivity index (χ3v) is 4.46. The molecular formula is C17H25ClIN3O. The van der Waals surface area contributed by atoms with Gasteiger partial charge in [0.15, 0.2) is 5.96 Å². The van der Waals surface area contributed by atoms with Gasteiger partial charge in [-0.15, -0.1) is 30.6 Å². The van der Waals surface area contributed by atoms with E-state index in [9.17, 15) is 0 Å². The summed E-state index contributed by atoms with van der Waals surface area (Å²) in [5.74, 6) is 0.776. The van der Waals surface area contributed by atoms with Crippen molar-refractivity contribution in [1.29, 1.82) is 0 Å². The number of guanidine groups is 1. The predicted octanol–water partition coefficient (Wildman–Crippen LogP) is 3.36. The van der Waals surface area contributed by atoms with E-state index in [0.29, 0.717) is 6.54 Å². The van der Waals surface area contributed by atoms with Crippen molar-refractivity contribution >= 4 is 41.5 Å². The van der Waals surface area contributed by atoms with E-state index in [2.05, 4.69) is 28.3 Å². The SMILES string of the molecule is C=CCNC(=NC)NCC1(c2ccccc2Cl)CCOCC1.I. The molecule has 1 aromatic rings. The van der Waals surface area contributed by atoms with Crippen molar-refractivity contribution in [3.05, 3.63) is 47.5 Å². The van der Waals surface area contributed by atoms with E-state index in [0.717, 1.165) is 43.6 Å². The second kappa shape index (κ2) is 10.2. The number of hydrogen-bond donors (Lipinski definition) is 2. The van der Waals surface area contributed by atoms with Gasteiger partial charge in [-0.25, -0.2) is 0 Å². The average Bonchev–Trinajstić information content (AvgIpc) is 2.56. The van der Waals surface area contributed by atoms with Crippen LogP contribution >= 0.6 is 35.6 Å². The van der Waals surface area contributed by atoms with Gasteiger partial charge in [0.2, 0.25) is 0 Å². The van der Waals surface area contributed by atoms with E-state index in [4.69, 9.17) is 16.3 Å². The zero-order valence-corrected chi connectivity index (χ0v) is 16.6. The highest BCUT2D eigenvalue weighted by molar-refractivity contribution is 14.0. The maximum absolute atomic E-state index is 6.45. The zero-order valence-electron chi connectivity index (χ0n) is 13.5. The molecule has 0 unspecified atom stereocenters. The van der Waals surface area contributed by atoms with Crippen LogP contribution in [0.3, 0.4) is 0 Å². The first-order chi connectivity index (χ1) is 10.7. The number of ether oxygens (including phenoxy) is 1. The fourth-order valence-corrected chi connectivity index (χ4v) is 3.17. The van der Waals surface area contributed by atoms with Gasteiger partial charge in [0.05, 0.1) is 0 Å². The van der Waals surface area contributed by atoms with Gasteiger partial charge in [-0.3, -0.25) is 4.99 Å². The molecule has 0 amide bonds. The summed E-state index contributed by atoms with van der Waals surface area (Å²) in [5.41, 5.74) is 1.16. The van der Waals surface area contributed by atoms with E-state index >= 15 is 0 Å². The van der Waals surface area contributed by atoms with E-state index in [1.807, 2.05) is 24.3 Å². The van der Waals surface area contributed by atoms with E-state index < -0.39 is 0 Å². The summed E-state index contributed by atoms with van der Waals surface area (Å²) in [6, 6.07) is 8.09. The molecule has 1 saturated heterocycles. The number of hydrogen-bond acceptors (Lipinski definition) is 2. The number of halogens is 2. The summed E-state index contributed by atoms with van der Waals surface area (Å²) in [6.07, 6.45) is 3.70. The molecule has 0 radical (unpaired) electrons. The molecule has 2 N–H and O–H groups in total.